The van der Waals surface area contributed by atoms with Crippen LogP contribution in [0, 0.1) is 21.4 Å². The lowest BCUT2D eigenvalue weighted by Crippen LogP contribution is -2.45. The van der Waals surface area contributed by atoms with Crippen LogP contribution in [-0.4, -0.2) is 23.6 Å². The van der Waals surface area contributed by atoms with Crippen molar-refractivity contribution < 1.29 is 4.92 Å². The summed E-state index contributed by atoms with van der Waals surface area (Å²) in [5.41, 5.74) is 0.663. The standard InChI is InChI=1S/C13H16N4O2/c1-13(4-6-15-7-5-13)16-11-2-3-12(17(18)19)10(8-11)9-14/h2-3,8,15-16H,4-7H2,1H3. The molecule has 1 aliphatic heterocycles. The fourth-order valence-corrected chi connectivity index (χ4v) is 2.31. The highest BCUT2D eigenvalue weighted by molar-refractivity contribution is 5.59. The number of piperidine rings is 1. The number of nitriles is 1. The van der Waals surface area contributed by atoms with Crippen LogP contribution in [0.15, 0.2) is 18.2 Å². The Balaban J connectivity index is 2.22. The fraction of sp³-hybridized carbons (Fsp3) is 0.462. The van der Waals surface area contributed by atoms with E-state index in [4.69, 9.17) is 5.26 Å². The molecule has 2 rings (SSSR count). The number of nitro benzene ring substituents is 1. The Hall–Kier alpha value is -2.13. The number of nitrogens with zero attached hydrogens (tertiary/aromatic N) is 2. The third-order valence-electron chi connectivity index (χ3n) is 3.47. The number of nitrogens with one attached hydrogen (secondary N) is 2. The minimum absolute atomic E-state index is 0.0336. The molecule has 2 N–H and O–H groups in total. The van der Waals surface area contributed by atoms with Gasteiger partial charge in [-0.2, -0.15) is 5.26 Å². The second kappa shape index (κ2) is 5.24. The molecule has 6 heteroatoms. The summed E-state index contributed by atoms with van der Waals surface area (Å²) in [6, 6.07) is 6.46. The van der Waals surface area contributed by atoms with E-state index >= 15 is 0 Å². The molecule has 0 aromatic heterocycles. The number of nitro groups is 1. The maximum Gasteiger partial charge on any atom is 0.287 e. The number of hydrogen-bond donors (Lipinski definition) is 2. The van der Waals surface area contributed by atoms with Crippen LogP contribution in [0.5, 0.6) is 0 Å². The van der Waals surface area contributed by atoms with Crippen LogP contribution in [0.1, 0.15) is 25.3 Å². The van der Waals surface area contributed by atoms with E-state index in [0.29, 0.717) is 0 Å². The quantitative estimate of drug-likeness (QED) is 0.641. The Kier molecular flexibility index (Phi) is 3.67. The summed E-state index contributed by atoms with van der Waals surface area (Å²) in [6.07, 6.45) is 1.96. The summed E-state index contributed by atoms with van der Waals surface area (Å²) in [5.74, 6) is 0. The first kappa shape index (κ1) is 13.3. The molecule has 1 aromatic rings. The summed E-state index contributed by atoms with van der Waals surface area (Å²) < 4.78 is 0. The lowest BCUT2D eigenvalue weighted by Gasteiger charge is -2.36. The van der Waals surface area contributed by atoms with Crippen LogP contribution in [0.4, 0.5) is 11.4 Å². The van der Waals surface area contributed by atoms with Crippen molar-refractivity contribution in [3.8, 4) is 6.07 Å². The number of benzene rings is 1. The highest BCUT2D eigenvalue weighted by Gasteiger charge is 2.26. The highest BCUT2D eigenvalue weighted by atomic mass is 16.6. The van der Waals surface area contributed by atoms with E-state index in [9.17, 15) is 10.1 Å². The molecule has 1 saturated heterocycles. The summed E-state index contributed by atoms with van der Waals surface area (Å²) in [7, 11) is 0. The summed E-state index contributed by atoms with van der Waals surface area (Å²) in [6.45, 7) is 4.02. The van der Waals surface area contributed by atoms with Gasteiger partial charge < -0.3 is 10.6 Å². The predicted octanol–water partition coefficient (Wildman–Crippen LogP) is 2.02. The van der Waals surface area contributed by atoms with Gasteiger partial charge in [0.15, 0.2) is 0 Å². The molecular weight excluding hydrogens is 244 g/mol. The van der Waals surface area contributed by atoms with Gasteiger partial charge in [-0.05, 0) is 45.0 Å². The molecule has 1 aliphatic rings. The summed E-state index contributed by atoms with van der Waals surface area (Å²) >= 11 is 0. The van der Waals surface area contributed by atoms with E-state index < -0.39 is 4.92 Å². The Morgan fingerprint density at radius 3 is 2.74 bits per heavy atom. The van der Waals surface area contributed by atoms with Gasteiger partial charge in [0.05, 0.1) is 4.92 Å². The zero-order valence-electron chi connectivity index (χ0n) is 10.8. The Morgan fingerprint density at radius 2 is 2.16 bits per heavy atom. The number of rotatable bonds is 3. The van der Waals surface area contributed by atoms with Crippen molar-refractivity contribution in [3.05, 3.63) is 33.9 Å². The highest BCUT2D eigenvalue weighted by Crippen LogP contribution is 2.27. The van der Waals surface area contributed by atoms with E-state index in [1.807, 2.05) is 6.07 Å². The molecule has 0 amide bonds. The van der Waals surface area contributed by atoms with E-state index in [-0.39, 0.29) is 16.8 Å². The summed E-state index contributed by atoms with van der Waals surface area (Å²) in [5, 5.41) is 26.4. The average molecular weight is 260 g/mol. The topological polar surface area (TPSA) is 91.0 Å². The first-order chi connectivity index (χ1) is 9.04. The van der Waals surface area contributed by atoms with Gasteiger partial charge >= 0.3 is 0 Å². The molecule has 0 spiro atoms. The van der Waals surface area contributed by atoms with Gasteiger partial charge in [0.2, 0.25) is 0 Å². The molecule has 6 nitrogen and oxygen atoms in total. The SMILES string of the molecule is CC1(Nc2ccc([N+](=O)[O-])c(C#N)c2)CCNCC1. The maximum absolute atomic E-state index is 10.8. The van der Waals surface area contributed by atoms with E-state index in [0.717, 1.165) is 31.6 Å². The predicted molar refractivity (Wildman–Crippen MR) is 71.9 cm³/mol. The minimum atomic E-state index is -0.533. The van der Waals surface area contributed by atoms with Gasteiger partial charge in [-0.3, -0.25) is 10.1 Å². The van der Waals surface area contributed by atoms with Crippen molar-refractivity contribution in [2.24, 2.45) is 0 Å². The third-order valence-corrected chi connectivity index (χ3v) is 3.47. The maximum atomic E-state index is 10.8. The van der Waals surface area contributed by atoms with Crippen LogP contribution in [0.3, 0.4) is 0 Å². The van der Waals surface area contributed by atoms with Crippen molar-refractivity contribution in [3.63, 3.8) is 0 Å². The van der Waals surface area contributed by atoms with E-state index in [1.165, 1.54) is 6.07 Å². The second-order valence-corrected chi connectivity index (χ2v) is 5.04. The van der Waals surface area contributed by atoms with Crippen LogP contribution < -0.4 is 10.6 Å². The van der Waals surface area contributed by atoms with E-state index in [2.05, 4.69) is 17.6 Å². The van der Waals surface area contributed by atoms with Gasteiger partial charge in [-0.15, -0.1) is 0 Å². The Labute approximate surface area is 111 Å². The molecule has 1 heterocycles. The van der Waals surface area contributed by atoms with Crippen molar-refractivity contribution in [2.45, 2.75) is 25.3 Å². The molecule has 19 heavy (non-hydrogen) atoms. The van der Waals surface area contributed by atoms with Crippen LogP contribution in [0.2, 0.25) is 0 Å². The molecular formula is C13H16N4O2. The number of hydrogen-bond acceptors (Lipinski definition) is 5. The van der Waals surface area contributed by atoms with Crippen molar-refractivity contribution in [1.82, 2.24) is 5.32 Å². The first-order valence-corrected chi connectivity index (χ1v) is 6.21. The fourth-order valence-electron chi connectivity index (χ4n) is 2.31. The van der Waals surface area contributed by atoms with Crippen molar-refractivity contribution in [2.75, 3.05) is 18.4 Å². The van der Waals surface area contributed by atoms with Crippen molar-refractivity contribution >= 4 is 11.4 Å². The molecule has 100 valence electrons. The molecule has 0 radical (unpaired) electrons. The average Bonchev–Trinajstić information content (AvgIpc) is 2.38. The zero-order chi connectivity index (χ0) is 13.9. The molecule has 0 saturated carbocycles. The number of anilines is 1. The summed E-state index contributed by atoms with van der Waals surface area (Å²) in [4.78, 5) is 10.2. The lowest BCUT2D eigenvalue weighted by molar-refractivity contribution is -0.385. The monoisotopic (exact) mass is 260 g/mol. The van der Waals surface area contributed by atoms with Gasteiger partial charge in [0.25, 0.3) is 5.69 Å². The first-order valence-electron chi connectivity index (χ1n) is 6.21. The van der Waals surface area contributed by atoms with Gasteiger partial charge in [-0.25, -0.2) is 0 Å². The second-order valence-electron chi connectivity index (χ2n) is 5.04. The Morgan fingerprint density at radius 1 is 1.47 bits per heavy atom. The van der Waals surface area contributed by atoms with Crippen LogP contribution in [-0.2, 0) is 0 Å². The molecule has 1 fully saturated rings. The molecule has 0 bridgehead atoms. The molecule has 0 unspecified atom stereocenters. The van der Waals surface area contributed by atoms with E-state index in [1.54, 1.807) is 12.1 Å². The third kappa shape index (κ3) is 3.01. The largest absolute Gasteiger partial charge is 0.380 e. The normalized spacial score (nSPS) is 17.5. The van der Waals surface area contributed by atoms with Crippen LogP contribution in [0.25, 0.3) is 0 Å². The van der Waals surface area contributed by atoms with Crippen LogP contribution >= 0.6 is 0 Å². The zero-order valence-corrected chi connectivity index (χ0v) is 10.8. The smallest absolute Gasteiger partial charge is 0.287 e. The molecule has 0 aliphatic carbocycles. The van der Waals surface area contributed by atoms with Crippen molar-refractivity contribution in [1.29, 1.82) is 5.26 Å². The Bertz CT molecular complexity index is 530. The lowest BCUT2D eigenvalue weighted by atomic mass is 9.90. The van der Waals surface area contributed by atoms with Gasteiger partial charge in [0.1, 0.15) is 11.6 Å². The molecule has 1 aromatic carbocycles. The minimum Gasteiger partial charge on any atom is -0.380 e. The van der Waals surface area contributed by atoms with Gasteiger partial charge in [0, 0.05) is 17.3 Å². The van der Waals surface area contributed by atoms with Gasteiger partial charge in [-0.1, -0.05) is 0 Å². The molecule has 0 atom stereocenters.